The number of anilines is 1. The number of carbonyl (C=O) groups is 2. The Morgan fingerprint density at radius 3 is 2.45 bits per heavy atom. The summed E-state index contributed by atoms with van der Waals surface area (Å²) in [4.78, 5) is 37.9. The minimum Gasteiger partial charge on any atom is -0.490 e. The van der Waals surface area contributed by atoms with Crippen LogP contribution in [-0.2, 0) is 14.3 Å². The summed E-state index contributed by atoms with van der Waals surface area (Å²) < 4.78 is 9.88. The fourth-order valence-electron chi connectivity index (χ4n) is 3.32. The Morgan fingerprint density at radius 2 is 1.87 bits per heavy atom. The summed E-state index contributed by atoms with van der Waals surface area (Å²) in [7, 11) is 2.54. The summed E-state index contributed by atoms with van der Waals surface area (Å²) in [5.41, 5.74) is 1.92. The van der Waals surface area contributed by atoms with Gasteiger partial charge in [-0.1, -0.05) is 23.7 Å². The number of amides is 1. The molecule has 0 atom stereocenters. The number of esters is 1. The molecule has 0 bridgehead atoms. The van der Waals surface area contributed by atoms with Gasteiger partial charge in [0.25, 0.3) is 5.91 Å². The van der Waals surface area contributed by atoms with Crippen molar-refractivity contribution in [2.75, 3.05) is 19.1 Å². The van der Waals surface area contributed by atoms with Crippen LogP contribution in [0.2, 0.25) is 5.02 Å². The molecule has 160 valence electrons. The van der Waals surface area contributed by atoms with Gasteiger partial charge >= 0.3 is 11.7 Å². The van der Waals surface area contributed by atoms with Crippen LogP contribution in [0.4, 0.5) is 11.4 Å². The summed E-state index contributed by atoms with van der Waals surface area (Å²) >= 11 is 6.22. The Balaban J connectivity index is 2.16. The first kappa shape index (κ1) is 22.0. The molecule has 1 heterocycles. The third kappa shape index (κ3) is 4.02. The Bertz CT molecular complexity index is 1170. The molecule has 2 aromatic rings. The second-order valence-corrected chi connectivity index (χ2v) is 7.18. The predicted molar refractivity (Wildman–Crippen MR) is 116 cm³/mol. The highest BCUT2D eigenvalue weighted by Crippen LogP contribution is 2.37. The summed E-state index contributed by atoms with van der Waals surface area (Å²) in [6.45, 7) is 3.46. The molecule has 3 rings (SSSR count). The van der Waals surface area contributed by atoms with Gasteiger partial charge < -0.3 is 9.47 Å². The van der Waals surface area contributed by atoms with Gasteiger partial charge in [-0.05, 0) is 49.2 Å². The number of nitrogens with zero attached hydrogens (tertiary/aromatic N) is 2. The fraction of sp³-hybridized carbons (Fsp3) is 0.182. The van der Waals surface area contributed by atoms with E-state index in [9.17, 15) is 19.7 Å². The lowest BCUT2D eigenvalue weighted by atomic mass is 10.0. The average Bonchev–Trinajstić information content (AvgIpc) is 2.99. The van der Waals surface area contributed by atoms with Gasteiger partial charge in [-0.3, -0.25) is 19.8 Å². The summed E-state index contributed by atoms with van der Waals surface area (Å²) in [6.07, 6.45) is 1.42. The van der Waals surface area contributed by atoms with E-state index in [4.69, 9.17) is 21.1 Å². The molecule has 1 aliphatic heterocycles. The van der Waals surface area contributed by atoms with Crippen LogP contribution in [0.5, 0.6) is 5.75 Å². The predicted octanol–water partition coefficient (Wildman–Crippen LogP) is 4.44. The largest absolute Gasteiger partial charge is 0.490 e. The van der Waals surface area contributed by atoms with E-state index >= 15 is 0 Å². The molecule has 0 radical (unpaired) electrons. The Labute approximate surface area is 183 Å². The number of halogens is 1. The zero-order valence-electron chi connectivity index (χ0n) is 17.3. The summed E-state index contributed by atoms with van der Waals surface area (Å²) in [6, 6.07) is 9.38. The molecule has 31 heavy (non-hydrogen) atoms. The van der Waals surface area contributed by atoms with E-state index in [1.54, 1.807) is 31.2 Å². The van der Waals surface area contributed by atoms with Crippen molar-refractivity contribution >= 4 is 40.9 Å². The molecule has 2 aromatic carbocycles. The lowest BCUT2D eigenvalue weighted by Gasteiger charge is -2.18. The first-order valence-corrected chi connectivity index (χ1v) is 9.51. The zero-order valence-corrected chi connectivity index (χ0v) is 18.0. The molecule has 0 spiro atoms. The first-order chi connectivity index (χ1) is 14.7. The van der Waals surface area contributed by atoms with Gasteiger partial charge in [0.2, 0.25) is 0 Å². The highest BCUT2D eigenvalue weighted by Gasteiger charge is 2.38. The van der Waals surface area contributed by atoms with Gasteiger partial charge in [0.1, 0.15) is 0 Å². The van der Waals surface area contributed by atoms with Gasteiger partial charge in [0.05, 0.1) is 36.0 Å². The van der Waals surface area contributed by atoms with Crippen LogP contribution in [0.1, 0.15) is 18.1 Å². The molecule has 1 amide bonds. The number of methoxy groups -OCH3 is 2. The van der Waals surface area contributed by atoms with E-state index < -0.39 is 16.8 Å². The number of benzene rings is 2. The number of rotatable bonds is 5. The minimum absolute atomic E-state index is 0.0560. The van der Waals surface area contributed by atoms with Crippen molar-refractivity contribution in [3.05, 3.63) is 79.5 Å². The SMILES string of the molecule is COC(=O)C1=C(C)N(c2ccc(C)c(Cl)c2)C(=O)/C1=C\c1ccc(OC)c([N+](=O)[O-])c1. The Morgan fingerprint density at radius 1 is 1.16 bits per heavy atom. The maximum atomic E-state index is 13.3. The molecule has 0 saturated carbocycles. The number of ether oxygens (including phenoxy) is 2. The van der Waals surface area contributed by atoms with Crippen molar-refractivity contribution in [3.8, 4) is 5.75 Å². The van der Waals surface area contributed by atoms with E-state index in [1.807, 2.05) is 6.92 Å². The molecule has 0 saturated heterocycles. The number of aryl methyl sites for hydroxylation is 1. The van der Waals surface area contributed by atoms with Crippen LogP contribution in [0.3, 0.4) is 0 Å². The smallest absolute Gasteiger partial charge is 0.340 e. The van der Waals surface area contributed by atoms with Crippen LogP contribution < -0.4 is 9.64 Å². The molecule has 0 aliphatic carbocycles. The third-order valence-corrected chi connectivity index (χ3v) is 5.32. The first-order valence-electron chi connectivity index (χ1n) is 9.13. The van der Waals surface area contributed by atoms with E-state index in [0.29, 0.717) is 22.0 Å². The minimum atomic E-state index is -0.694. The molecule has 0 N–H and O–H groups in total. The number of hydrogen-bond acceptors (Lipinski definition) is 6. The highest BCUT2D eigenvalue weighted by atomic mass is 35.5. The molecule has 1 aliphatic rings. The highest BCUT2D eigenvalue weighted by molar-refractivity contribution is 6.32. The van der Waals surface area contributed by atoms with Gasteiger partial charge in [-0.15, -0.1) is 0 Å². The second kappa shape index (κ2) is 8.61. The lowest BCUT2D eigenvalue weighted by Crippen LogP contribution is -2.24. The van der Waals surface area contributed by atoms with E-state index in [1.165, 1.54) is 37.3 Å². The molecule has 9 heteroatoms. The molecule has 0 unspecified atom stereocenters. The zero-order chi connectivity index (χ0) is 22.9. The average molecular weight is 443 g/mol. The van der Waals surface area contributed by atoms with Crippen molar-refractivity contribution in [2.24, 2.45) is 0 Å². The normalized spacial score (nSPS) is 14.9. The standard InChI is InChI=1S/C22H19ClN2O6/c1-12-5-7-15(11-17(12)23)24-13(2)20(22(27)31-4)16(21(24)26)9-14-6-8-19(30-3)18(10-14)25(28)29/h5-11H,1-4H3/b16-9-. The van der Waals surface area contributed by atoms with E-state index in [0.717, 1.165) is 5.56 Å². The molecular formula is C22H19ClN2O6. The maximum absolute atomic E-state index is 13.3. The second-order valence-electron chi connectivity index (χ2n) is 6.77. The number of nitro benzene ring substituents is 1. The van der Waals surface area contributed by atoms with Gasteiger partial charge in [0, 0.05) is 16.8 Å². The van der Waals surface area contributed by atoms with Crippen molar-refractivity contribution < 1.29 is 24.0 Å². The molecule has 0 aromatic heterocycles. The number of carbonyl (C=O) groups excluding carboxylic acids is 2. The van der Waals surface area contributed by atoms with Crippen molar-refractivity contribution in [2.45, 2.75) is 13.8 Å². The Hall–Kier alpha value is -3.65. The summed E-state index contributed by atoms with van der Waals surface area (Å²) in [5.74, 6) is -1.09. The van der Waals surface area contributed by atoms with Crippen molar-refractivity contribution in [1.82, 2.24) is 0 Å². The van der Waals surface area contributed by atoms with Crippen LogP contribution in [0, 0.1) is 17.0 Å². The topological polar surface area (TPSA) is 99.0 Å². The van der Waals surface area contributed by atoms with E-state index in [2.05, 4.69) is 0 Å². The van der Waals surface area contributed by atoms with Crippen LogP contribution >= 0.6 is 11.6 Å². The fourth-order valence-corrected chi connectivity index (χ4v) is 3.49. The van der Waals surface area contributed by atoms with Crippen LogP contribution in [0.25, 0.3) is 6.08 Å². The monoisotopic (exact) mass is 442 g/mol. The summed E-state index contributed by atoms with van der Waals surface area (Å²) in [5, 5.41) is 11.8. The lowest BCUT2D eigenvalue weighted by molar-refractivity contribution is -0.385. The maximum Gasteiger partial charge on any atom is 0.340 e. The van der Waals surface area contributed by atoms with Crippen molar-refractivity contribution in [1.29, 1.82) is 0 Å². The molecular weight excluding hydrogens is 424 g/mol. The van der Waals surface area contributed by atoms with Crippen LogP contribution in [0.15, 0.2) is 53.2 Å². The molecule has 0 fully saturated rings. The molecule has 8 nitrogen and oxygen atoms in total. The van der Waals surface area contributed by atoms with Gasteiger partial charge in [-0.25, -0.2) is 4.79 Å². The van der Waals surface area contributed by atoms with Crippen molar-refractivity contribution in [3.63, 3.8) is 0 Å². The van der Waals surface area contributed by atoms with Crippen LogP contribution in [-0.4, -0.2) is 31.0 Å². The van der Waals surface area contributed by atoms with Gasteiger partial charge in [0.15, 0.2) is 5.75 Å². The van der Waals surface area contributed by atoms with Gasteiger partial charge in [-0.2, -0.15) is 0 Å². The number of hydrogen-bond donors (Lipinski definition) is 0. The third-order valence-electron chi connectivity index (χ3n) is 4.91. The number of nitro groups is 1. The number of allylic oxidation sites excluding steroid dienone is 1. The van der Waals surface area contributed by atoms with E-state index in [-0.39, 0.29) is 22.6 Å². The Kier molecular flexibility index (Phi) is 6.12. The quantitative estimate of drug-likeness (QED) is 0.294.